The van der Waals surface area contributed by atoms with Gasteiger partial charge < -0.3 is 13.9 Å². The van der Waals surface area contributed by atoms with Crippen molar-refractivity contribution in [1.82, 2.24) is 4.57 Å². The first-order valence-corrected chi connectivity index (χ1v) is 5.16. The lowest BCUT2D eigenvalue weighted by Gasteiger charge is -2.23. The van der Waals surface area contributed by atoms with Crippen LogP contribution in [0.1, 0.15) is 6.23 Å². The van der Waals surface area contributed by atoms with Gasteiger partial charge in [0.15, 0.2) is 11.8 Å². The molecule has 3 rings (SSSR count). The normalized spacial score (nSPS) is 21.4. The summed E-state index contributed by atoms with van der Waals surface area (Å²) in [6.45, 7) is 1.45. The second kappa shape index (κ2) is 3.77. The molecule has 5 nitrogen and oxygen atoms in total. The average molecular weight is 221 g/mol. The molecule has 1 saturated heterocycles. The minimum atomic E-state index is -0.406. The van der Waals surface area contributed by atoms with Crippen LogP contribution in [0.4, 0.5) is 0 Å². The van der Waals surface area contributed by atoms with Crippen molar-refractivity contribution >= 4 is 11.1 Å². The van der Waals surface area contributed by atoms with E-state index in [-0.39, 0.29) is 6.23 Å². The third-order valence-corrected chi connectivity index (χ3v) is 2.61. The van der Waals surface area contributed by atoms with Crippen LogP contribution in [0.15, 0.2) is 33.5 Å². The van der Waals surface area contributed by atoms with Gasteiger partial charge in [-0.15, -0.1) is 0 Å². The van der Waals surface area contributed by atoms with E-state index >= 15 is 0 Å². The molecule has 0 radical (unpaired) electrons. The van der Waals surface area contributed by atoms with Gasteiger partial charge in [0.05, 0.1) is 25.3 Å². The van der Waals surface area contributed by atoms with Crippen molar-refractivity contribution in [1.29, 1.82) is 0 Å². The van der Waals surface area contributed by atoms with E-state index in [4.69, 9.17) is 13.9 Å². The molecule has 1 aromatic heterocycles. The predicted molar refractivity (Wildman–Crippen MR) is 56.3 cm³/mol. The second-order valence-electron chi connectivity index (χ2n) is 3.61. The minimum absolute atomic E-state index is 0.378. The Morgan fingerprint density at radius 3 is 2.94 bits per heavy atom. The maximum absolute atomic E-state index is 11.7. The molecular weight excluding hydrogens is 210 g/mol. The van der Waals surface area contributed by atoms with Crippen molar-refractivity contribution in [2.24, 2.45) is 0 Å². The molecule has 2 heterocycles. The van der Waals surface area contributed by atoms with Crippen LogP contribution >= 0.6 is 0 Å². The number of nitrogens with zero attached hydrogens (tertiary/aromatic N) is 1. The average Bonchev–Trinajstić information content (AvgIpc) is 2.66. The maximum atomic E-state index is 11.7. The largest absolute Gasteiger partial charge is 0.422 e. The zero-order valence-corrected chi connectivity index (χ0v) is 8.59. The lowest BCUT2D eigenvalue weighted by Crippen LogP contribution is -2.31. The summed E-state index contributed by atoms with van der Waals surface area (Å²) < 4.78 is 17.4. The third-order valence-electron chi connectivity index (χ3n) is 2.61. The Morgan fingerprint density at radius 1 is 1.25 bits per heavy atom. The van der Waals surface area contributed by atoms with E-state index in [1.54, 1.807) is 6.07 Å². The van der Waals surface area contributed by atoms with Gasteiger partial charge in [-0.1, -0.05) is 12.1 Å². The molecule has 84 valence electrons. The zero-order chi connectivity index (χ0) is 11.0. The fraction of sp³-hybridized carbons (Fsp3) is 0.364. The van der Waals surface area contributed by atoms with Gasteiger partial charge in [-0.3, -0.25) is 0 Å². The van der Waals surface area contributed by atoms with E-state index in [2.05, 4.69) is 0 Å². The van der Waals surface area contributed by atoms with Crippen LogP contribution < -0.4 is 5.76 Å². The molecule has 0 aliphatic carbocycles. The topological polar surface area (TPSA) is 53.6 Å². The highest BCUT2D eigenvalue weighted by molar-refractivity contribution is 5.72. The lowest BCUT2D eigenvalue weighted by molar-refractivity contribution is -0.123. The molecule has 0 amide bonds. The summed E-state index contributed by atoms with van der Waals surface area (Å²) in [6, 6.07) is 7.28. The minimum Gasteiger partial charge on any atom is -0.408 e. The van der Waals surface area contributed by atoms with Crippen LogP contribution in [0.3, 0.4) is 0 Å². The van der Waals surface area contributed by atoms with Crippen molar-refractivity contribution in [3.8, 4) is 0 Å². The molecule has 1 unspecified atom stereocenters. The van der Waals surface area contributed by atoms with Crippen LogP contribution in [0.2, 0.25) is 0 Å². The Bertz CT molecular complexity index is 550. The second-order valence-corrected chi connectivity index (χ2v) is 3.61. The van der Waals surface area contributed by atoms with Crippen molar-refractivity contribution in [2.75, 3.05) is 19.8 Å². The van der Waals surface area contributed by atoms with Gasteiger partial charge in [0.25, 0.3) is 0 Å². The molecule has 1 aliphatic heterocycles. The molecule has 16 heavy (non-hydrogen) atoms. The van der Waals surface area contributed by atoms with Gasteiger partial charge >= 0.3 is 5.76 Å². The highest BCUT2D eigenvalue weighted by Gasteiger charge is 2.21. The van der Waals surface area contributed by atoms with Crippen molar-refractivity contribution in [3.63, 3.8) is 0 Å². The van der Waals surface area contributed by atoms with Gasteiger partial charge in [-0.05, 0) is 12.1 Å². The first-order valence-electron chi connectivity index (χ1n) is 5.16. The number of hydrogen-bond donors (Lipinski definition) is 0. The molecule has 0 N–H and O–H groups in total. The van der Waals surface area contributed by atoms with E-state index in [0.717, 1.165) is 5.52 Å². The fourth-order valence-corrected chi connectivity index (χ4v) is 1.88. The van der Waals surface area contributed by atoms with Crippen LogP contribution in [-0.2, 0) is 9.47 Å². The Hall–Kier alpha value is -1.59. The molecule has 0 saturated carbocycles. The van der Waals surface area contributed by atoms with Crippen LogP contribution in [-0.4, -0.2) is 24.4 Å². The van der Waals surface area contributed by atoms with Crippen molar-refractivity contribution in [3.05, 3.63) is 34.8 Å². The van der Waals surface area contributed by atoms with E-state index in [1.165, 1.54) is 4.57 Å². The molecule has 1 aliphatic rings. The number of fused-ring (bicyclic) bond motifs is 1. The SMILES string of the molecule is O=c1oc2ccccc2n1C1COCCO1. The Kier molecular flexibility index (Phi) is 2.27. The van der Waals surface area contributed by atoms with Gasteiger partial charge in [-0.2, -0.15) is 0 Å². The Morgan fingerprint density at radius 2 is 2.12 bits per heavy atom. The molecular formula is C11H11NO4. The summed E-state index contributed by atoms with van der Waals surface area (Å²) in [5, 5.41) is 0. The summed E-state index contributed by atoms with van der Waals surface area (Å²) in [5.74, 6) is -0.406. The predicted octanol–water partition coefficient (Wildman–Crippen LogP) is 1.14. The van der Waals surface area contributed by atoms with Crippen LogP contribution in [0.25, 0.3) is 11.1 Å². The van der Waals surface area contributed by atoms with Crippen molar-refractivity contribution < 1.29 is 13.9 Å². The van der Waals surface area contributed by atoms with E-state index < -0.39 is 5.76 Å². The van der Waals surface area contributed by atoms with E-state index in [9.17, 15) is 4.79 Å². The van der Waals surface area contributed by atoms with Gasteiger partial charge in [0.2, 0.25) is 0 Å². The molecule has 5 heteroatoms. The maximum Gasteiger partial charge on any atom is 0.422 e. The Balaban J connectivity index is 2.14. The molecule has 0 bridgehead atoms. The summed E-state index contributed by atoms with van der Waals surface area (Å²) in [5.41, 5.74) is 1.31. The van der Waals surface area contributed by atoms with E-state index in [0.29, 0.717) is 25.4 Å². The first-order chi connectivity index (χ1) is 7.86. The molecule has 2 aromatic rings. The summed E-state index contributed by atoms with van der Waals surface area (Å²) >= 11 is 0. The van der Waals surface area contributed by atoms with Crippen LogP contribution in [0.5, 0.6) is 0 Å². The smallest absolute Gasteiger partial charge is 0.408 e. The number of para-hydroxylation sites is 2. The number of ether oxygens (including phenoxy) is 2. The lowest BCUT2D eigenvalue weighted by atomic mass is 10.3. The highest BCUT2D eigenvalue weighted by Crippen LogP contribution is 2.19. The quantitative estimate of drug-likeness (QED) is 0.724. The standard InChI is InChI=1S/C11H11NO4/c13-11-12(10-7-14-5-6-15-10)8-3-1-2-4-9(8)16-11/h1-4,10H,5-7H2. The van der Waals surface area contributed by atoms with Crippen LogP contribution in [0, 0.1) is 0 Å². The number of benzene rings is 1. The van der Waals surface area contributed by atoms with Gasteiger partial charge in [0, 0.05) is 0 Å². The zero-order valence-electron chi connectivity index (χ0n) is 8.59. The Labute approximate surface area is 91.2 Å². The number of rotatable bonds is 1. The molecule has 1 atom stereocenters. The monoisotopic (exact) mass is 221 g/mol. The van der Waals surface area contributed by atoms with Crippen molar-refractivity contribution in [2.45, 2.75) is 6.23 Å². The van der Waals surface area contributed by atoms with Gasteiger partial charge in [0.1, 0.15) is 0 Å². The van der Waals surface area contributed by atoms with E-state index in [1.807, 2.05) is 18.2 Å². The molecule has 1 aromatic carbocycles. The molecule has 1 fully saturated rings. The fourth-order valence-electron chi connectivity index (χ4n) is 1.88. The summed E-state index contributed by atoms with van der Waals surface area (Å²) in [7, 11) is 0. The highest BCUT2D eigenvalue weighted by atomic mass is 16.6. The number of aromatic nitrogens is 1. The van der Waals surface area contributed by atoms with Gasteiger partial charge in [-0.25, -0.2) is 9.36 Å². The first kappa shape index (κ1) is 9.62. The molecule has 0 spiro atoms. The number of oxazole rings is 1. The third kappa shape index (κ3) is 1.45. The summed E-state index contributed by atoms with van der Waals surface area (Å²) in [6.07, 6.45) is -0.384. The summed E-state index contributed by atoms with van der Waals surface area (Å²) in [4.78, 5) is 11.7. The number of hydrogen-bond acceptors (Lipinski definition) is 4.